The van der Waals surface area contributed by atoms with Gasteiger partial charge in [-0.05, 0) is 61.5 Å². The number of methoxy groups -OCH3 is 1. The number of anilines is 2. The van der Waals surface area contributed by atoms with Crippen LogP contribution in [0.25, 0.3) is 0 Å². The molecule has 10 heteroatoms. The molecule has 0 aromatic heterocycles. The van der Waals surface area contributed by atoms with Gasteiger partial charge in [-0.1, -0.05) is 18.2 Å². The number of carbonyl (C=O) groups is 4. The third kappa shape index (κ3) is 7.00. The van der Waals surface area contributed by atoms with E-state index in [-0.39, 0.29) is 17.4 Å². The zero-order valence-electron chi connectivity index (χ0n) is 19.8. The Morgan fingerprint density at radius 2 is 1.36 bits per heavy atom. The van der Waals surface area contributed by atoms with Gasteiger partial charge in [-0.2, -0.15) is 5.10 Å². The minimum atomic E-state index is -0.972. The van der Waals surface area contributed by atoms with Crippen molar-refractivity contribution >= 4 is 40.8 Å². The SMILES string of the molecule is COc1cc(/C(C)=N/NC(=O)C(=O)Nc2ccc(NC(C)=O)cc2)ccc1OC(=O)c1ccccc1. The van der Waals surface area contributed by atoms with Crippen LogP contribution in [0.2, 0.25) is 0 Å². The average molecular weight is 489 g/mol. The number of benzene rings is 3. The molecule has 3 amide bonds. The summed E-state index contributed by atoms with van der Waals surface area (Å²) in [4.78, 5) is 47.7. The van der Waals surface area contributed by atoms with Gasteiger partial charge in [-0.3, -0.25) is 14.4 Å². The first-order valence-electron chi connectivity index (χ1n) is 10.8. The Morgan fingerprint density at radius 3 is 1.97 bits per heavy atom. The molecule has 3 aromatic carbocycles. The molecule has 0 saturated heterocycles. The van der Waals surface area contributed by atoms with Crippen molar-refractivity contribution in [1.29, 1.82) is 0 Å². The molecule has 0 fully saturated rings. The summed E-state index contributed by atoms with van der Waals surface area (Å²) in [5.41, 5.74) is 4.47. The average Bonchev–Trinajstić information content (AvgIpc) is 2.88. The second-order valence-electron chi connectivity index (χ2n) is 7.47. The molecule has 0 radical (unpaired) electrons. The zero-order chi connectivity index (χ0) is 26.1. The number of hydrogen-bond acceptors (Lipinski definition) is 7. The van der Waals surface area contributed by atoms with Crippen molar-refractivity contribution < 1.29 is 28.7 Å². The third-order valence-electron chi connectivity index (χ3n) is 4.79. The van der Waals surface area contributed by atoms with E-state index in [1.54, 1.807) is 79.7 Å². The predicted octanol–water partition coefficient (Wildman–Crippen LogP) is 3.35. The van der Waals surface area contributed by atoms with Crippen LogP contribution < -0.4 is 25.5 Å². The number of carbonyl (C=O) groups excluding carboxylic acids is 4. The lowest BCUT2D eigenvalue weighted by atomic mass is 10.1. The van der Waals surface area contributed by atoms with Gasteiger partial charge in [0.1, 0.15) is 0 Å². The van der Waals surface area contributed by atoms with Crippen LogP contribution in [-0.4, -0.2) is 36.5 Å². The molecule has 3 rings (SSSR count). The maximum Gasteiger partial charge on any atom is 0.343 e. The van der Waals surface area contributed by atoms with E-state index >= 15 is 0 Å². The van der Waals surface area contributed by atoms with Crippen molar-refractivity contribution in [3.8, 4) is 11.5 Å². The second kappa shape index (κ2) is 11.9. The van der Waals surface area contributed by atoms with Crippen LogP contribution in [0.4, 0.5) is 11.4 Å². The number of hydrazone groups is 1. The predicted molar refractivity (Wildman–Crippen MR) is 134 cm³/mol. The van der Waals surface area contributed by atoms with Gasteiger partial charge in [0, 0.05) is 23.9 Å². The van der Waals surface area contributed by atoms with Gasteiger partial charge in [-0.15, -0.1) is 0 Å². The number of rotatable bonds is 7. The Bertz CT molecular complexity index is 1300. The van der Waals surface area contributed by atoms with E-state index < -0.39 is 17.8 Å². The molecule has 36 heavy (non-hydrogen) atoms. The quantitative estimate of drug-likeness (QED) is 0.153. The van der Waals surface area contributed by atoms with Crippen LogP contribution in [0.5, 0.6) is 11.5 Å². The van der Waals surface area contributed by atoms with Gasteiger partial charge in [0.05, 0.1) is 18.4 Å². The standard InChI is InChI=1S/C26H24N4O6/c1-16(29-30-25(33)24(32)28-21-12-10-20(11-13-21)27-17(2)31)19-9-14-22(23(15-19)35-3)36-26(34)18-7-5-4-6-8-18/h4-15H,1-3H3,(H,27,31)(H,28,32)(H,30,33)/b29-16+. The van der Waals surface area contributed by atoms with Crippen molar-refractivity contribution in [1.82, 2.24) is 5.43 Å². The maximum absolute atomic E-state index is 12.3. The van der Waals surface area contributed by atoms with Crippen molar-refractivity contribution in [3.63, 3.8) is 0 Å². The topological polar surface area (TPSA) is 135 Å². The van der Waals surface area contributed by atoms with E-state index in [1.807, 2.05) is 0 Å². The Hall–Kier alpha value is -4.99. The Balaban J connectivity index is 1.61. The first-order chi connectivity index (χ1) is 17.3. The molecular formula is C26H24N4O6. The van der Waals surface area contributed by atoms with E-state index in [1.165, 1.54) is 14.0 Å². The number of nitrogens with zero attached hydrogens (tertiary/aromatic N) is 1. The summed E-state index contributed by atoms with van der Waals surface area (Å²) in [6.45, 7) is 3.01. The smallest absolute Gasteiger partial charge is 0.343 e. The van der Waals surface area contributed by atoms with Gasteiger partial charge in [0.2, 0.25) is 5.91 Å². The van der Waals surface area contributed by atoms with E-state index in [4.69, 9.17) is 9.47 Å². The van der Waals surface area contributed by atoms with Crippen molar-refractivity contribution in [3.05, 3.63) is 83.9 Å². The van der Waals surface area contributed by atoms with Crippen LogP contribution in [0, 0.1) is 0 Å². The fourth-order valence-electron chi connectivity index (χ4n) is 2.99. The summed E-state index contributed by atoms with van der Waals surface area (Å²) < 4.78 is 10.7. The first-order valence-corrected chi connectivity index (χ1v) is 10.8. The van der Waals surface area contributed by atoms with Crippen LogP contribution in [-0.2, 0) is 14.4 Å². The van der Waals surface area contributed by atoms with Gasteiger partial charge >= 0.3 is 17.8 Å². The molecule has 3 N–H and O–H groups in total. The number of esters is 1. The first kappa shape index (κ1) is 25.6. The minimum Gasteiger partial charge on any atom is -0.493 e. The molecular weight excluding hydrogens is 464 g/mol. The van der Waals surface area contributed by atoms with Crippen molar-refractivity contribution in [2.75, 3.05) is 17.7 Å². The highest BCUT2D eigenvalue weighted by Crippen LogP contribution is 2.29. The molecule has 184 valence electrons. The summed E-state index contributed by atoms with van der Waals surface area (Å²) in [6, 6.07) is 19.6. The van der Waals surface area contributed by atoms with E-state index in [2.05, 4.69) is 21.2 Å². The normalized spacial score (nSPS) is 10.7. The van der Waals surface area contributed by atoms with Crippen molar-refractivity contribution in [2.45, 2.75) is 13.8 Å². The molecule has 0 atom stereocenters. The van der Waals surface area contributed by atoms with Gasteiger partial charge in [0.25, 0.3) is 0 Å². The summed E-state index contributed by atoms with van der Waals surface area (Å²) in [7, 11) is 1.43. The lowest BCUT2D eigenvalue weighted by Gasteiger charge is -2.11. The third-order valence-corrected chi connectivity index (χ3v) is 4.79. The lowest BCUT2D eigenvalue weighted by molar-refractivity contribution is -0.136. The molecule has 0 heterocycles. The van der Waals surface area contributed by atoms with Crippen LogP contribution in [0.3, 0.4) is 0 Å². The number of amides is 3. The Kier molecular flexibility index (Phi) is 8.49. The Morgan fingerprint density at radius 1 is 0.722 bits per heavy atom. The Labute approximate surface area is 207 Å². The monoisotopic (exact) mass is 488 g/mol. The van der Waals surface area contributed by atoms with Crippen LogP contribution in [0.1, 0.15) is 29.8 Å². The molecule has 0 aliphatic carbocycles. The fourth-order valence-corrected chi connectivity index (χ4v) is 2.99. The molecule has 10 nitrogen and oxygen atoms in total. The highest BCUT2D eigenvalue weighted by Gasteiger charge is 2.15. The van der Waals surface area contributed by atoms with Gasteiger partial charge < -0.3 is 20.1 Å². The van der Waals surface area contributed by atoms with Gasteiger partial charge in [0.15, 0.2) is 11.5 Å². The van der Waals surface area contributed by atoms with E-state index in [9.17, 15) is 19.2 Å². The maximum atomic E-state index is 12.3. The number of ether oxygens (including phenoxy) is 2. The van der Waals surface area contributed by atoms with Gasteiger partial charge in [-0.25, -0.2) is 10.2 Å². The highest BCUT2D eigenvalue weighted by atomic mass is 16.6. The fraction of sp³-hybridized carbons (Fsp3) is 0.115. The molecule has 0 bridgehead atoms. The summed E-state index contributed by atoms with van der Waals surface area (Å²) in [6.07, 6.45) is 0. The summed E-state index contributed by atoms with van der Waals surface area (Å²) in [5, 5.41) is 9.01. The second-order valence-corrected chi connectivity index (χ2v) is 7.47. The zero-order valence-corrected chi connectivity index (χ0v) is 19.8. The number of hydrogen-bond donors (Lipinski definition) is 3. The molecule has 0 aliphatic heterocycles. The lowest BCUT2D eigenvalue weighted by Crippen LogP contribution is -2.32. The molecule has 0 aliphatic rings. The van der Waals surface area contributed by atoms with Crippen LogP contribution in [0.15, 0.2) is 77.9 Å². The van der Waals surface area contributed by atoms with Crippen molar-refractivity contribution in [2.24, 2.45) is 5.10 Å². The number of nitrogens with one attached hydrogen (secondary N) is 3. The largest absolute Gasteiger partial charge is 0.493 e. The van der Waals surface area contributed by atoms with E-state index in [0.29, 0.717) is 28.2 Å². The minimum absolute atomic E-state index is 0.218. The summed E-state index contributed by atoms with van der Waals surface area (Å²) >= 11 is 0. The molecule has 0 saturated carbocycles. The molecule has 3 aromatic rings. The van der Waals surface area contributed by atoms with Crippen LogP contribution >= 0.6 is 0 Å². The molecule has 0 unspecified atom stereocenters. The summed E-state index contributed by atoms with van der Waals surface area (Å²) in [5.74, 6) is -2.14. The highest BCUT2D eigenvalue weighted by molar-refractivity contribution is 6.39. The molecule has 0 spiro atoms. The van der Waals surface area contributed by atoms with E-state index in [0.717, 1.165) is 0 Å².